The first-order chi connectivity index (χ1) is 10.7. The first-order valence-electron chi connectivity index (χ1n) is 6.39. The summed E-state index contributed by atoms with van der Waals surface area (Å²) < 4.78 is 47.7. The van der Waals surface area contributed by atoms with E-state index in [4.69, 9.17) is 4.55 Å². The zero-order valence-corrected chi connectivity index (χ0v) is 12.5. The highest BCUT2D eigenvalue weighted by atomic mass is 32.3. The molecule has 1 N–H and O–H groups in total. The number of halogens is 1. The lowest BCUT2D eigenvalue weighted by Crippen LogP contribution is -2.45. The third-order valence-electron chi connectivity index (χ3n) is 3.96. The van der Waals surface area contributed by atoms with Crippen LogP contribution in [-0.2, 0) is 30.0 Å². The van der Waals surface area contributed by atoms with Crippen molar-refractivity contribution in [3.8, 4) is 0 Å². The van der Waals surface area contributed by atoms with E-state index in [1.54, 1.807) is 18.2 Å². The molecule has 11 heteroatoms. The van der Waals surface area contributed by atoms with Gasteiger partial charge in [-0.1, -0.05) is 24.3 Å². The molecule has 1 fully saturated rings. The zero-order chi connectivity index (χ0) is 17.0. The molecule has 23 heavy (non-hydrogen) atoms. The molecule has 0 saturated carbocycles. The van der Waals surface area contributed by atoms with Crippen LogP contribution in [0.3, 0.4) is 0 Å². The summed E-state index contributed by atoms with van der Waals surface area (Å²) in [6, 6.07) is 3.82. The van der Waals surface area contributed by atoms with Crippen LogP contribution in [0.2, 0.25) is 0 Å². The van der Waals surface area contributed by atoms with Gasteiger partial charge in [0.2, 0.25) is 0 Å². The number of benzene rings is 1. The average molecular weight is 346 g/mol. The van der Waals surface area contributed by atoms with Crippen molar-refractivity contribution in [2.75, 3.05) is 6.54 Å². The van der Waals surface area contributed by atoms with Gasteiger partial charge in [-0.25, -0.2) is 9.59 Å². The molecule has 2 aliphatic rings. The highest BCUT2D eigenvalue weighted by Crippen LogP contribution is 2.48. The molecule has 2 amide bonds. The van der Waals surface area contributed by atoms with Gasteiger partial charge in [-0.05, 0) is 18.1 Å². The minimum absolute atomic E-state index is 0.155. The van der Waals surface area contributed by atoms with Crippen LogP contribution in [0.5, 0.6) is 0 Å². The van der Waals surface area contributed by atoms with Gasteiger partial charge in [0.1, 0.15) is 5.54 Å². The Bertz CT molecular complexity index is 798. The maximum atomic E-state index is 12.4. The molecule has 1 saturated heterocycles. The zero-order valence-electron chi connectivity index (χ0n) is 11.7. The van der Waals surface area contributed by atoms with Gasteiger partial charge in [-0.3, -0.25) is 9.49 Å². The number of carbonyl (C=O) groups excluding carboxylic acids is 2. The number of nitrogens with zero attached hydrogens (tertiary/aromatic N) is 2. The fraction of sp³-hybridized carbons (Fsp3) is 0.333. The Morgan fingerprint density at radius 2 is 2.09 bits per heavy atom. The summed E-state index contributed by atoms with van der Waals surface area (Å²) >= 11 is 0. The monoisotopic (exact) mass is 346 g/mol. The van der Waals surface area contributed by atoms with Crippen LogP contribution >= 0.6 is 0 Å². The number of hydrogen-bond donors (Lipinski definition) is 1. The molecule has 2 atom stereocenters. The van der Waals surface area contributed by atoms with Crippen LogP contribution < -0.4 is 0 Å². The van der Waals surface area contributed by atoms with Crippen molar-refractivity contribution in [1.82, 2.24) is 9.96 Å². The van der Waals surface area contributed by atoms with Gasteiger partial charge in [0.25, 0.3) is 0 Å². The number of urea groups is 1. The molecule has 0 spiro atoms. The second-order valence-electron chi connectivity index (χ2n) is 5.37. The number of carbonyl (C=O) groups is 2. The van der Waals surface area contributed by atoms with E-state index in [1.807, 2.05) is 0 Å². The first-order valence-corrected chi connectivity index (χ1v) is 7.75. The topological polar surface area (TPSA) is 113 Å². The standard InChI is InChI=1S/C12H11FN2O7S/c1-12-6-14(11(17)15(12)22-23(18,19)20)9(10(16)21-13)7-4-2-3-5-8(7)12/h2-5,9H,6H2,1H3,(H,18,19,20). The highest BCUT2D eigenvalue weighted by molar-refractivity contribution is 7.80. The predicted molar refractivity (Wildman–Crippen MR) is 70.3 cm³/mol. The van der Waals surface area contributed by atoms with Gasteiger partial charge < -0.3 is 4.90 Å². The summed E-state index contributed by atoms with van der Waals surface area (Å²) in [7, 11) is -4.97. The Morgan fingerprint density at radius 1 is 1.43 bits per heavy atom. The van der Waals surface area contributed by atoms with E-state index in [2.05, 4.69) is 9.23 Å². The molecule has 2 unspecified atom stereocenters. The van der Waals surface area contributed by atoms with Crippen LogP contribution in [0.1, 0.15) is 24.1 Å². The Labute approximate surface area is 130 Å². The van der Waals surface area contributed by atoms with Gasteiger partial charge in [0, 0.05) is 4.53 Å². The Hall–Kier alpha value is -2.24. The van der Waals surface area contributed by atoms with E-state index >= 15 is 0 Å². The number of amides is 2. The lowest BCUT2D eigenvalue weighted by Gasteiger charge is -2.36. The highest BCUT2D eigenvalue weighted by Gasteiger charge is 2.59. The molecular weight excluding hydrogens is 335 g/mol. The van der Waals surface area contributed by atoms with Crippen LogP contribution in [0.25, 0.3) is 0 Å². The fourth-order valence-corrected chi connectivity index (χ4v) is 3.50. The van der Waals surface area contributed by atoms with Crippen molar-refractivity contribution in [2.45, 2.75) is 18.5 Å². The Kier molecular flexibility index (Phi) is 3.32. The number of hydrogen-bond acceptors (Lipinski definition) is 6. The third-order valence-corrected chi connectivity index (χ3v) is 4.30. The second-order valence-corrected chi connectivity index (χ2v) is 6.37. The maximum Gasteiger partial charge on any atom is 0.418 e. The van der Waals surface area contributed by atoms with Crippen molar-refractivity contribution < 1.29 is 36.3 Å². The molecule has 2 bridgehead atoms. The molecule has 0 aliphatic carbocycles. The summed E-state index contributed by atoms with van der Waals surface area (Å²) in [5.74, 6) is -1.32. The van der Waals surface area contributed by atoms with Crippen molar-refractivity contribution in [3.63, 3.8) is 0 Å². The normalized spacial score (nSPS) is 26.2. The molecule has 124 valence electrons. The predicted octanol–water partition coefficient (Wildman–Crippen LogP) is 0.856. The van der Waals surface area contributed by atoms with Gasteiger partial charge >= 0.3 is 22.4 Å². The summed E-state index contributed by atoms with van der Waals surface area (Å²) in [6.45, 7) is 1.34. The summed E-state index contributed by atoms with van der Waals surface area (Å²) in [4.78, 5) is 28.3. The van der Waals surface area contributed by atoms with E-state index in [0.717, 1.165) is 4.90 Å². The van der Waals surface area contributed by atoms with E-state index in [-0.39, 0.29) is 12.1 Å². The smallest absolute Gasteiger partial charge is 0.302 e. The van der Waals surface area contributed by atoms with E-state index in [0.29, 0.717) is 10.6 Å². The SMILES string of the molecule is CC12CN(C(=O)N1OS(=O)(=O)O)C(C(=O)OF)c1ccccc12. The van der Waals surface area contributed by atoms with Gasteiger partial charge in [-0.2, -0.15) is 13.5 Å². The van der Waals surface area contributed by atoms with Gasteiger partial charge in [-0.15, -0.1) is 4.28 Å². The van der Waals surface area contributed by atoms with E-state index in [9.17, 15) is 22.5 Å². The Morgan fingerprint density at radius 3 is 2.70 bits per heavy atom. The molecule has 1 aromatic carbocycles. The number of hydroxylamine groups is 2. The second kappa shape index (κ2) is 4.88. The summed E-state index contributed by atoms with van der Waals surface area (Å²) in [5.41, 5.74) is -0.642. The molecule has 1 aromatic rings. The van der Waals surface area contributed by atoms with Crippen molar-refractivity contribution in [2.24, 2.45) is 0 Å². The van der Waals surface area contributed by atoms with Crippen molar-refractivity contribution in [3.05, 3.63) is 35.4 Å². The van der Waals surface area contributed by atoms with E-state index < -0.39 is 34.0 Å². The molecule has 3 rings (SSSR count). The largest absolute Gasteiger partial charge is 0.418 e. The molecule has 0 aromatic heterocycles. The van der Waals surface area contributed by atoms with Gasteiger partial charge in [0.15, 0.2) is 6.04 Å². The minimum atomic E-state index is -4.97. The molecule has 2 aliphatic heterocycles. The minimum Gasteiger partial charge on any atom is -0.302 e. The quantitative estimate of drug-likeness (QED) is 0.807. The first kappa shape index (κ1) is 15.6. The van der Waals surface area contributed by atoms with E-state index in [1.165, 1.54) is 13.0 Å². The lowest BCUT2D eigenvalue weighted by molar-refractivity contribution is -0.189. The molecular formula is C12H11FN2O7S. The van der Waals surface area contributed by atoms with Crippen molar-refractivity contribution in [1.29, 1.82) is 0 Å². The number of rotatable bonds is 3. The summed E-state index contributed by atoms with van der Waals surface area (Å²) in [6.07, 6.45) is 0. The fourth-order valence-electron chi connectivity index (χ4n) is 3.09. The average Bonchev–Trinajstić information content (AvgIpc) is 2.69. The molecule has 2 heterocycles. The van der Waals surface area contributed by atoms with Gasteiger partial charge in [0.05, 0.1) is 6.54 Å². The van der Waals surface area contributed by atoms with Crippen LogP contribution in [0.15, 0.2) is 24.3 Å². The molecule has 0 radical (unpaired) electrons. The van der Waals surface area contributed by atoms with Crippen LogP contribution in [0, 0.1) is 0 Å². The lowest BCUT2D eigenvalue weighted by atomic mass is 9.82. The Balaban J connectivity index is 2.19. The maximum absolute atomic E-state index is 12.4. The molecule has 9 nitrogen and oxygen atoms in total. The van der Waals surface area contributed by atoms with Crippen LogP contribution in [-0.4, -0.2) is 41.5 Å². The summed E-state index contributed by atoms with van der Waals surface area (Å²) in [5, 5.41) is 0.451. The number of fused-ring (bicyclic) bond motifs is 4. The van der Waals surface area contributed by atoms with Crippen molar-refractivity contribution >= 4 is 22.4 Å². The third kappa shape index (κ3) is 2.24. The van der Waals surface area contributed by atoms with Crippen LogP contribution in [0.4, 0.5) is 9.32 Å².